The predicted molar refractivity (Wildman–Crippen MR) is 86.3 cm³/mol. The first kappa shape index (κ1) is 17.0. The number of hydrogen-bond acceptors (Lipinski definition) is 3. The number of benzene rings is 1. The standard InChI is InChI=1S/C17H22N2O4/c1-11(2)12-4-6-13(7-5-12)19-9-8-14(17(19)23)16(22)18(3)10-15(20)21/h4-7,11,14H,8-10H2,1-3H3,(H,20,21). The number of amides is 2. The number of carboxylic acids is 1. The van der Waals surface area contributed by atoms with Crippen LogP contribution >= 0.6 is 0 Å². The molecule has 1 saturated heterocycles. The molecule has 2 amide bonds. The molecule has 0 spiro atoms. The Labute approximate surface area is 135 Å². The van der Waals surface area contributed by atoms with E-state index in [0.717, 1.165) is 10.6 Å². The van der Waals surface area contributed by atoms with Gasteiger partial charge in [-0.15, -0.1) is 0 Å². The summed E-state index contributed by atoms with van der Waals surface area (Å²) in [7, 11) is 1.41. The number of carbonyl (C=O) groups excluding carboxylic acids is 2. The Morgan fingerprint density at radius 1 is 1.30 bits per heavy atom. The Kier molecular flexibility index (Phi) is 5.03. The summed E-state index contributed by atoms with van der Waals surface area (Å²) in [4.78, 5) is 38.1. The predicted octanol–water partition coefficient (Wildman–Crippen LogP) is 1.71. The van der Waals surface area contributed by atoms with Gasteiger partial charge < -0.3 is 14.9 Å². The monoisotopic (exact) mass is 318 g/mol. The highest BCUT2D eigenvalue weighted by Crippen LogP contribution is 2.27. The van der Waals surface area contributed by atoms with Crippen molar-refractivity contribution >= 4 is 23.5 Å². The number of likely N-dealkylation sites (N-methyl/N-ethyl adjacent to an activating group) is 1. The topological polar surface area (TPSA) is 77.9 Å². The van der Waals surface area contributed by atoms with Gasteiger partial charge in [0.1, 0.15) is 12.5 Å². The molecule has 124 valence electrons. The van der Waals surface area contributed by atoms with Crippen molar-refractivity contribution in [1.82, 2.24) is 4.90 Å². The molecule has 0 radical (unpaired) electrons. The summed E-state index contributed by atoms with van der Waals surface area (Å²) < 4.78 is 0. The zero-order valence-electron chi connectivity index (χ0n) is 13.7. The number of carboxylic acid groups (broad SMARTS) is 1. The molecule has 1 heterocycles. The van der Waals surface area contributed by atoms with Gasteiger partial charge in [-0.05, 0) is 30.0 Å². The van der Waals surface area contributed by atoms with Gasteiger partial charge in [0.2, 0.25) is 11.8 Å². The molecule has 0 aliphatic carbocycles. The Morgan fingerprint density at radius 3 is 2.43 bits per heavy atom. The van der Waals surface area contributed by atoms with Crippen molar-refractivity contribution in [1.29, 1.82) is 0 Å². The van der Waals surface area contributed by atoms with Crippen LogP contribution in [-0.4, -0.2) is 47.9 Å². The summed E-state index contributed by atoms with van der Waals surface area (Å²) in [6.45, 7) is 4.27. The third kappa shape index (κ3) is 3.70. The van der Waals surface area contributed by atoms with E-state index >= 15 is 0 Å². The molecule has 1 fully saturated rings. The van der Waals surface area contributed by atoms with E-state index in [2.05, 4.69) is 13.8 Å². The van der Waals surface area contributed by atoms with Gasteiger partial charge in [-0.2, -0.15) is 0 Å². The first-order valence-corrected chi connectivity index (χ1v) is 7.69. The van der Waals surface area contributed by atoms with E-state index in [1.54, 1.807) is 4.90 Å². The average Bonchev–Trinajstić information content (AvgIpc) is 2.87. The van der Waals surface area contributed by atoms with E-state index < -0.39 is 24.3 Å². The van der Waals surface area contributed by atoms with Crippen molar-refractivity contribution in [3.8, 4) is 0 Å². The third-order valence-corrected chi connectivity index (χ3v) is 4.12. The SMILES string of the molecule is CC(C)c1ccc(N2CCC(C(=O)N(C)CC(=O)O)C2=O)cc1. The lowest BCUT2D eigenvalue weighted by Crippen LogP contribution is -2.40. The van der Waals surface area contributed by atoms with Crippen molar-refractivity contribution in [2.45, 2.75) is 26.2 Å². The van der Waals surface area contributed by atoms with Gasteiger partial charge in [-0.25, -0.2) is 0 Å². The second-order valence-corrected chi connectivity index (χ2v) is 6.17. The molecule has 0 aromatic heterocycles. The van der Waals surface area contributed by atoms with E-state index in [0.29, 0.717) is 18.9 Å². The summed E-state index contributed by atoms with van der Waals surface area (Å²) >= 11 is 0. The lowest BCUT2D eigenvalue weighted by Gasteiger charge is -2.20. The molecule has 1 aromatic rings. The van der Waals surface area contributed by atoms with E-state index in [9.17, 15) is 14.4 Å². The first-order chi connectivity index (χ1) is 10.8. The van der Waals surface area contributed by atoms with Crippen LogP contribution in [0.3, 0.4) is 0 Å². The molecule has 6 nitrogen and oxygen atoms in total. The largest absolute Gasteiger partial charge is 0.480 e. The summed E-state index contributed by atoms with van der Waals surface area (Å²) in [5.41, 5.74) is 1.96. The van der Waals surface area contributed by atoms with Crippen LogP contribution < -0.4 is 4.90 Å². The molecule has 1 aliphatic heterocycles. The van der Waals surface area contributed by atoms with Crippen LogP contribution in [0.2, 0.25) is 0 Å². The molecule has 1 aromatic carbocycles. The molecular weight excluding hydrogens is 296 g/mol. The molecular formula is C17H22N2O4. The van der Waals surface area contributed by atoms with E-state index in [4.69, 9.17) is 5.11 Å². The van der Waals surface area contributed by atoms with Gasteiger partial charge >= 0.3 is 5.97 Å². The summed E-state index contributed by atoms with van der Waals surface area (Å²) in [5.74, 6) is -2.16. The molecule has 23 heavy (non-hydrogen) atoms. The molecule has 1 aliphatic rings. The van der Waals surface area contributed by atoms with Gasteiger partial charge in [0, 0.05) is 19.3 Å². The van der Waals surface area contributed by atoms with Gasteiger partial charge in [-0.1, -0.05) is 26.0 Å². The minimum atomic E-state index is -1.09. The van der Waals surface area contributed by atoms with Gasteiger partial charge in [-0.3, -0.25) is 14.4 Å². The maximum absolute atomic E-state index is 12.5. The number of carbonyl (C=O) groups is 3. The summed E-state index contributed by atoms with van der Waals surface area (Å²) in [6, 6.07) is 7.75. The maximum Gasteiger partial charge on any atom is 0.323 e. The smallest absolute Gasteiger partial charge is 0.323 e. The van der Waals surface area contributed by atoms with Crippen LogP contribution in [0.1, 0.15) is 31.7 Å². The highest BCUT2D eigenvalue weighted by Gasteiger charge is 2.39. The molecule has 1 atom stereocenters. The Bertz CT molecular complexity index is 610. The fourth-order valence-electron chi connectivity index (χ4n) is 2.75. The molecule has 1 N–H and O–H groups in total. The van der Waals surface area contributed by atoms with Crippen LogP contribution in [0.4, 0.5) is 5.69 Å². The number of anilines is 1. The van der Waals surface area contributed by atoms with Crippen molar-refractivity contribution in [2.75, 3.05) is 25.0 Å². The Hall–Kier alpha value is -2.37. The van der Waals surface area contributed by atoms with Crippen molar-refractivity contribution in [3.63, 3.8) is 0 Å². The summed E-state index contributed by atoms with van der Waals surface area (Å²) in [5, 5.41) is 8.75. The molecule has 6 heteroatoms. The Morgan fingerprint density at radius 2 is 1.91 bits per heavy atom. The maximum atomic E-state index is 12.5. The zero-order chi connectivity index (χ0) is 17.1. The van der Waals surface area contributed by atoms with E-state index in [1.165, 1.54) is 12.6 Å². The normalized spacial score (nSPS) is 17.7. The minimum absolute atomic E-state index is 0.260. The van der Waals surface area contributed by atoms with E-state index in [-0.39, 0.29) is 5.91 Å². The minimum Gasteiger partial charge on any atom is -0.480 e. The highest BCUT2D eigenvalue weighted by atomic mass is 16.4. The van der Waals surface area contributed by atoms with Crippen molar-refractivity contribution in [2.24, 2.45) is 5.92 Å². The third-order valence-electron chi connectivity index (χ3n) is 4.12. The van der Waals surface area contributed by atoms with Crippen molar-refractivity contribution < 1.29 is 19.5 Å². The average molecular weight is 318 g/mol. The quantitative estimate of drug-likeness (QED) is 0.838. The molecule has 1 unspecified atom stereocenters. The molecule has 2 rings (SSSR count). The van der Waals surface area contributed by atoms with Gasteiger partial charge in [0.25, 0.3) is 0 Å². The lowest BCUT2D eigenvalue weighted by atomic mass is 10.0. The van der Waals surface area contributed by atoms with Crippen LogP contribution in [0.25, 0.3) is 0 Å². The second kappa shape index (κ2) is 6.81. The molecule has 0 saturated carbocycles. The lowest BCUT2D eigenvalue weighted by molar-refractivity contribution is -0.146. The number of aliphatic carboxylic acids is 1. The molecule has 0 bridgehead atoms. The van der Waals surface area contributed by atoms with Gasteiger partial charge in [0.15, 0.2) is 0 Å². The van der Waals surface area contributed by atoms with Crippen LogP contribution in [0.15, 0.2) is 24.3 Å². The van der Waals surface area contributed by atoms with Crippen LogP contribution in [0, 0.1) is 5.92 Å². The number of rotatable bonds is 5. The Balaban J connectivity index is 2.09. The van der Waals surface area contributed by atoms with Crippen molar-refractivity contribution in [3.05, 3.63) is 29.8 Å². The summed E-state index contributed by atoms with van der Waals surface area (Å²) in [6.07, 6.45) is 0.410. The van der Waals surface area contributed by atoms with Gasteiger partial charge in [0.05, 0.1) is 0 Å². The number of hydrogen-bond donors (Lipinski definition) is 1. The van der Waals surface area contributed by atoms with E-state index in [1.807, 2.05) is 24.3 Å². The fraction of sp³-hybridized carbons (Fsp3) is 0.471. The zero-order valence-corrected chi connectivity index (χ0v) is 13.7. The van der Waals surface area contributed by atoms with Crippen LogP contribution in [-0.2, 0) is 14.4 Å². The first-order valence-electron chi connectivity index (χ1n) is 7.69. The number of nitrogens with zero attached hydrogens (tertiary/aromatic N) is 2. The highest BCUT2D eigenvalue weighted by molar-refractivity contribution is 6.09. The second-order valence-electron chi connectivity index (χ2n) is 6.17. The fourth-order valence-corrected chi connectivity index (χ4v) is 2.75. The van der Waals surface area contributed by atoms with Crippen LogP contribution in [0.5, 0.6) is 0 Å².